The van der Waals surface area contributed by atoms with Crippen molar-refractivity contribution >= 4 is 35.0 Å². The molecule has 18 heavy (non-hydrogen) atoms. The van der Waals surface area contributed by atoms with Gasteiger partial charge < -0.3 is 4.90 Å². The maximum absolute atomic E-state index is 12.1. The number of hydrogen-bond acceptors (Lipinski definition) is 2. The predicted molar refractivity (Wildman–Crippen MR) is 65.0 cm³/mol. The van der Waals surface area contributed by atoms with E-state index in [1.807, 2.05) is 0 Å². The predicted octanol–water partition coefficient (Wildman–Crippen LogP) is 3.64. The van der Waals surface area contributed by atoms with Gasteiger partial charge in [0, 0.05) is 23.5 Å². The fraction of sp³-hybridized carbons (Fsp3) is 0.364. The summed E-state index contributed by atoms with van der Waals surface area (Å²) in [6, 6.07) is 5.70. The van der Waals surface area contributed by atoms with Gasteiger partial charge in [-0.2, -0.15) is 13.2 Å². The number of anilines is 1. The number of halogens is 4. The van der Waals surface area contributed by atoms with E-state index >= 15 is 0 Å². The van der Waals surface area contributed by atoms with E-state index in [4.69, 9.17) is 11.6 Å². The molecule has 0 aliphatic carbocycles. The van der Waals surface area contributed by atoms with Crippen molar-refractivity contribution in [3.05, 3.63) is 24.3 Å². The van der Waals surface area contributed by atoms with Crippen LogP contribution in [0.3, 0.4) is 0 Å². The highest BCUT2D eigenvalue weighted by Gasteiger charge is 2.31. The molecule has 1 fully saturated rings. The molecule has 1 amide bonds. The van der Waals surface area contributed by atoms with Crippen LogP contribution >= 0.6 is 23.4 Å². The van der Waals surface area contributed by atoms with Crippen molar-refractivity contribution in [2.45, 2.75) is 22.2 Å². The average Bonchev–Trinajstić information content (AvgIpc) is 2.57. The van der Waals surface area contributed by atoms with Crippen LogP contribution in [0.4, 0.5) is 18.9 Å². The van der Waals surface area contributed by atoms with Gasteiger partial charge in [0.1, 0.15) is 0 Å². The second kappa shape index (κ2) is 5.01. The SMILES string of the molecule is O=C1CC(Cl)CN1c1ccc(SC(F)(F)F)cc1. The summed E-state index contributed by atoms with van der Waals surface area (Å²) in [5, 5.41) is -0.235. The zero-order chi connectivity index (χ0) is 13.3. The Hall–Kier alpha value is -0.880. The number of nitrogens with zero attached hydrogens (tertiary/aromatic N) is 1. The molecule has 0 N–H and O–H groups in total. The maximum Gasteiger partial charge on any atom is 0.446 e. The van der Waals surface area contributed by atoms with Crippen LogP contribution < -0.4 is 4.90 Å². The van der Waals surface area contributed by atoms with Crippen molar-refractivity contribution in [2.24, 2.45) is 0 Å². The lowest BCUT2D eigenvalue weighted by Gasteiger charge is -2.16. The number of benzene rings is 1. The molecule has 0 spiro atoms. The summed E-state index contributed by atoms with van der Waals surface area (Å²) in [4.78, 5) is 13.1. The molecule has 1 aliphatic heterocycles. The monoisotopic (exact) mass is 295 g/mol. The molecule has 98 valence electrons. The number of thioether (sulfide) groups is 1. The standard InChI is InChI=1S/C11H9ClF3NOS/c12-7-5-10(17)16(6-7)8-1-3-9(4-2-8)18-11(13,14)15/h1-4,7H,5-6H2. The van der Waals surface area contributed by atoms with Gasteiger partial charge in [0.2, 0.25) is 5.91 Å². The van der Waals surface area contributed by atoms with Gasteiger partial charge in [-0.3, -0.25) is 4.79 Å². The Morgan fingerprint density at radius 1 is 1.28 bits per heavy atom. The normalized spacial score (nSPS) is 20.6. The fourth-order valence-electron chi connectivity index (χ4n) is 1.74. The van der Waals surface area contributed by atoms with E-state index in [2.05, 4.69) is 0 Å². The maximum atomic E-state index is 12.1. The van der Waals surface area contributed by atoms with E-state index in [0.29, 0.717) is 12.2 Å². The van der Waals surface area contributed by atoms with E-state index in [1.165, 1.54) is 29.2 Å². The van der Waals surface area contributed by atoms with Crippen LogP contribution in [0.1, 0.15) is 6.42 Å². The minimum absolute atomic E-state index is 0.0975. The Labute approximate surface area is 111 Å². The highest BCUT2D eigenvalue weighted by Crippen LogP contribution is 2.37. The van der Waals surface area contributed by atoms with Gasteiger partial charge in [-0.1, -0.05) is 0 Å². The van der Waals surface area contributed by atoms with Crippen LogP contribution in [0.5, 0.6) is 0 Å². The zero-order valence-electron chi connectivity index (χ0n) is 9.08. The highest BCUT2D eigenvalue weighted by atomic mass is 35.5. The van der Waals surface area contributed by atoms with Crippen LogP contribution in [0.25, 0.3) is 0 Å². The average molecular weight is 296 g/mol. The quantitative estimate of drug-likeness (QED) is 0.613. The molecule has 1 saturated heterocycles. The third-order valence-electron chi connectivity index (χ3n) is 2.46. The van der Waals surface area contributed by atoms with Gasteiger partial charge >= 0.3 is 5.51 Å². The first kappa shape index (κ1) is 13.5. The molecule has 1 unspecified atom stereocenters. The molecule has 7 heteroatoms. The highest BCUT2D eigenvalue weighted by molar-refractivity contribution is 8.00. The fourth-order valence-corrected chi connectivity index (χ4v) is 2.55. The molecule has 0 saturated carbocycles. The third kappa shape index (κ3) is 3.32. The Balaban J connectivity index is 2.11. The van der Waals surface area contributed by atoms with Crippen molar-refractivity contribution in [2.75, 3.05) is 11.4 Å². The number of amides is 1. The Bertz CT molecular complexity index is 449. The Kier molecular flexibility index (Phi) is 3.77. The first-order valence-electron chi connectivity index (χ1n) is 5.15. The molecular formula is C11H9ClF3NOS. The van der Waals surface area contributed by atoms with Crippen molar-refractivity contribution in [1.29, 1.82) is 0 Å². The smallest absolute Gasteiger partial charge is 0.311 e. The molecule has 0 radical (unpaired) electrons. The summed E-state index contributed by atoms with van der Waals surface area (Å²) < 4.78 is 36.4. The third-order valence-corrected chi connectivity index (χ3v) is 3.49. The first-order valence-corrected chi connectivity index (χ1v) is 6.41. The molecular weight excluding hydrogens is 287 g/mol. The topological polar surface area (TPSA) is 20.3 Å². The van der Waals surface area contributed by atoms with Crippen LogP contribution in [0, 0.1) is 0 Å². The van der Waals surface area contributed by atoms with Gasteiger partial charge in [0.25, 0.3) is 0 Å². The van der Waals surface area contributed by atoms with Crippen LogP contribution in [-0.2, 0) is 4.79 Å². The number of alkyl halides is 4. The first-order chi connectivity index (χ1) is 8.35. The Morgan fingerprint density at radius 3 is 2.33 bits per heavy atom. The lowest BCUT2D eigenvalue weighted by molar-refractivity contribution is -0.117. The molecule has 1 aromatic rings. The molecule has 1 aromatic carbocycles. The lowest BCUT2D eigenvalue weighted by atomic mass is 10.3. The number of carbonyl (C=O) groups is 1. The van der Waals surface area contributed by atoms with Gasteiger partial charge in [0.15, 0.2) is 0 Å². The van der Waals surface area contributed by atoms with E-state index in [9.17, 15) is 18.0 Å². The van der Waals surface area contributed by atoms with Gasteiger partial charge in [-0.25, -0.2) is 0 Å². The van der Waals surface area contributed by atoms with E-state index < -0.39 is 5.51 Å². The summed E-state index contributed by atoms with van der Waals surface area (Å²) in [5.41, 5.74) is -3.72. The molecule has 2 rings (SSSR count). The van der Waals surface area contributed by atoms with Crippen molar-refractivity contribution in [3.63, 3.8) is 0 Å². The molecule has 1 aliphatic rings. The summed E-state index contributed by atoms with van der Waals surface area (Å²) >= 11 is 5.68. The number of carbonyl (C=O) groups excluding carboxylic acids is 1. The van der Waals surface area contributed by atoms with Crippen molar-refractivity contribution in [3.8, 4) is 0 Å². The largest absolute Gasteiger partial charge is 0.446 e. The summed E-state index contributed by atoms with van der Waals surface area (Å²) in [7, 11) is 0. The van der Waals surface area contributed by atoms with Gasteiger partial charge in [-0.05, 0) is 36.0 Å². The van der Waals surface area contributed by atoms with Crippen molar-refractivity contribution in [1.82, 2.24) is 0 Å². The van der Waals surface area contributed by atoms with Gasteiger partial charge in [-0.15, -0.1) is 11.6 Å². The molecule has 0 bridgehead atoms. The second-order valence-corrected chi connectivity index (χ2v) is 5.60. The lowest BCUT2D eigenvalue weighted by Crippen LogP contribution is -2.24. The minimum Gasteiger partial charge on any atom is -0.311 e. The molecule has 1 heterocycles. The van der Waals surface area contributed by atoms with E-state index in [0.717, 1.165) is 0 Å². The molecule has 1 atom stereocenters. The van der Waals surface area contributed by atoms with Crippen LogP contribution in [-0.4, -0.2) is 23.3 Å². The number of hydrogen-bond donors (Lipinski definition) is 0. The second-order valence-electron chi connectivity index (χ2n) is 3.85. The van der Waals surface area contributed by atoms with Gasteiger partial charge in [0.05, 0.1) is 5.38 Å². The summed E-state index contributed by atoms with van der Waals surface area (Å²) in [6.07, 6.45) is 0.264. The van der Waals surface area contributed by atoms with Crippen molar-refractivity contribution < 1.29 is 18.0 Å². The number of rotatable bonds is 2. The minimum atomic E-state index is -4.30. The van der Waals surface area contributed by atoms with Crippen LogP contribution in [0.2, 0.25) is 0 Å². The van der Waals surface area contributed by atoms with E-state index in [-0.39, 0.29) is 34.4 Å². The molecule has 0 aromatic heterocycles. The zero-order valence-corrected chi connectivity index (χ0v) is 10.6. The summed E-state index contributed by atoms with van der Waals surface area (Å²) in [6.45, 7) is 0.395. The van der Waals surface area contributed by atoms with Crippen LogP contribution in [0.15, 0.2) is 29.2 Å². The summed E-state index contributed by atoms with van der Waals surface area (Å²) in [5.74, 6) is -0.105. The Morgan fingerprint density at radius 2 is 1.89 bits per heavy atom. The van der Waals surface area contributed by atoms with E-state index in [1.54, 1.807) is 0 Å². The molecule has 2 nitrogen and oxygen atoms in total.